The third-order valence-corrected chi connectivity index (χ3v) is 6.57. The van der Waals surface area contributed by atoms with Gasteiger partial charge in [0.25, 0.3) is 0 Å². The first-order chi connectivity index (χ1) is 16.0. The molecule has 3 heterocycles. The highest BCUT2D eigenvalue weighted by Gasteiger charge is 2.36. The van der Waals surface area contributed by atoms with E-state index in [1.165, 1.54) is 11.3 Å². The molecule has 2 aliphatic rings. The average molecular weight is 486 g/mol. The number of hydrogen-bond acceptors (Lipinski definition) is 7. The number of nitrogens with one attached hydrogen (secondary N) is 1. The van der Waals surface area contributed by atoms with Crippen molar-refractivity contribution in [2.75, 3.05) is 37.1 Å². The molecule has 1 N–H and O–H groups in total. The molecule has 2 aromatic carbocycles. The number of aromatic nitrogens is 1. The molecule has 0 spiro atoms. The predicted molar refractivity (Wildman–Crippen MR) is 126 cm³/mol. The first-order valence-corrected chi connectivity index (χ1v) is 11.6. The van der Waals surface area contributed by atoms with E-state index in [1.54, 1.807) is 42.3 Å². The van der Waals surface area contributed by atoms with Crippen LogP contribution in [0.25, 0.3) is 11.3 Å². The number of hydrogen-bond donors (Lipinski definition) is 1. The molecule has 0 saturated carbocycles. The summed E-state index contributed by atoms with van der Waals surface area (Å²) in [6, 6.07) is 10.8. The lowest BCUT2D eigenvalue weighted by Gasteiger charge is -2.22. The van der Waals surface area contributed by atoms with Gasteiger partial charge in [0.2, 0.25) is 11.8 Å². The molecule has 170 valence electrons. The highest BCUT2D eigenvalue weighted by Crippen LogP contribution is 2.36. The molecule has 1 fully saturated rings. The number of amides is 2. The summed E-state index contributed by atoms with van der Waals surface area (Å²) < 4.78 is 16.3. The molecule has 1 unspecified atom stereocenters. The average Bonchev–Trinajstić information content (AvgIpc) is 3.45. The Hall–Kier alpha value is -3.30. The van der Waals surface area contributed by atoms with Crippen molar-refractivity contribution in [3.63, 3.8) is 0 Å². The molecule has 3 aromatic rings. The maximum atomic E-state index is 12.8. The van der Waals surface area contributed by atoms with Crippen molar-refractivity contribution in [3.8, 4) is 28.5 Å². The van der Waals surface area contributed by atoms with Gasteiger partial charge in [-0.1, -0.05) is 11.6 Å². The number of rotatable bonds is 5. The summed E-state index contributed by atoms with van der Waals surface area (Å²) in [5, 5.41) is 5.63. The monoisotopic (exact) mass is 485 g/mol. The van der Waals surface area contributed by atoms with Crippen molar-refractivity contribution in [2.45, 2.75) is 6.42 Å². The van der Waals surface area contributed by atoms with Crippen molar-refractivity contribution in [3.05, 3.63) is 46.8 Å². The van der Waals surface area contributed by atoms with E-state index in [9.17, 15) is 9.59 Å². The standard InChI is InChI=1S/C23H20ClN3O5S/c1-30-18-4-2-13(8-16(18)24)17-12-33-23(25-17)26-22(29)14-9-21(28)27(11-14)15-3-5-19-20(10-15)32-7-6-31-19/h2-5,8,10,12,14H,6-7,9,11H2,1H3,(H,25,26,29). The van der Waals surface area contributed by atoms with E-state index in [4.69, 9.17) is 25.8 Å². The third-order valence-electron chi connectivity index (χ3n) is 5.52. The van der Waals surface area contributed by atoms with Crippen molar-refractivity contribution >= 4 is 45.6 Å². The van der Waals surface area contributed by atoms with Crippen LogP contribution in [-0.4, -0.2) is 43.7 Å². The fourth-order valence-electron chi connectivity index (χ4n) is 3.83. The minimum atomic E-state index is -0.478. The van der Waals surface area contributed by atoms with Crippen LogP contribution in [0.2, 0.25) is 5.02 Å². The van der Waals surface area contributed by atoms with E-state index < -0.39 is 5.92 Å². The normalized spacial score (nSPS) is 17.2. The van der Waals surface area contributed by atoms with Gasteiger partial charge in [-0.2, -0.15) is 0 Å². The Morgan fingerprint density at radius 3 is 2.82 bits per heavy atom. The fraction of sp³-hybridized carbons (Fsp3) is 0.261. The van der Waals surface area contributed by atoms with Gasteiger partial charge in [-0.3, -0.25) is 9.59 Å². The topological polar surface area (TPSA) is 90.0 Å². The van der Waals surface area contributed by atoms with E-state index in [0.717, 1.165) is 5.56 Å². The van der Waals surface area contributed by atoms with Gasteiger partial charge in [0.1, 0.15) is 19.0 Å². The Labute approximate surface area is 199 Å². The van der Waals surface area contributed by atoms with Crippen LogP contribution in [0.1, 0.15) is 6.42 Å². The second-order valence-corrected chi connectivity index (χ2v) is 8.88. The van der Waals surface area contributed by atoms with Gasteiger partial charge >= 0.3 is 0 Å². The van der Waals surface area contributed by atoms with Crippen LogP contribution >= 0.6 is 22.9 Å². The lowest BCUT2D eigenvalue weighted by Crippen LogP contribution is -2.28. The molecule has 5 rings (SSSR count). The molecule has 33 heavy (non-hydrogen) atoms. The van der Waals surface area contributed by atoms with Gasteiger partial charge in [-0.15, -0.1) is 11.3 Å². The summed E-state index contributed by atoms with van der Waals surface area (Å²) in [6.45, 7) is 1.26. The molecule has 0 radical (unpaired) electrons. The lowest BCUT2D eigenvalue weighted by atomic mass is 10.1. The van der Waals surface area contributed by atoms with Crippen LogP contribution in [0, 0.1) is 5.92 Å². The zero-order chi connectivity index (χ0) is 22.9. The van der Waals surface area contributed by atoms with Crippen molar-refractivity contribution in [1.82, 2.24) is 4.98 Å². The summed E-state index contributed by atoms with van der Waals surface area (Å²) in [6.07, 6.45) is 0.132. The zero-order valence-corrected chi connectivity index (χ0v) is 19.2. The SMILES string of the molecule is COc1ccc(-c2csc(NC(=O)C3CC(=O)N(c4ccc5c(c4)OCCO5)C3)n2)cc1Cl. The highest BCUT2D eigenvalue weighted by atomic mass is 35.5. The number of thiazole rings is 1. The molecule has 2 amide bonds. The first kappa shape index (κ1) is 21.5. The summed E-state index contributed by atoms with van der Waals surface area (Å²) in [7, 11) is 1.56. The smallest absolute Gasteiger partial charge is 0.231 e. The van der Waals surface area contributed by atoms with E-state index in [1.807, 2.05) is 11.4 Å². The van der Waals surface area contributed by atoms with E-state index in [-0.39, 0.29) is 24.8 Å². The van der Waals surface area contributed by atoms with Crippen molar-refractivity contribution in [2.24, 2.45) is 5.92 Å². The summed E-state index contributed by atoms with van der Waals surface area (Å²) in [5.74, 6) is 1.01. The van der Waals surface area contributed by atoms with Crippen LogP contribution in [0.5, 0.6) is 17.2 Å². The molecule has 8 nitrogen and oxygen atoms in total. The van der Waals surface area contributed by atoms with Gasteiger partial charge in [0.15, 0.2) is 16.6 Å². The molecular formula is C23H20ClN3O5S. The molecule has 1 aromatic heterocycles. The lowest BCUT2D eigenvalue weighted by molar-refractivity contribution is -0.122. The highest BCUT2D eigenvalue weighted by molar-refractivity contribution is 7.14. The number of anilines is 2. The van der Waals surface area contributed by atoms with Crippen molar-refractivity contribution in [1.29, 1.82) is 0 Å². The summed E-state index contributed by atoms with van der Waals surface area (Å²) >= 11 is 7.52. The third kappa shape index (κ3) is 4.34. The van der Waals surface area contributed by atoms with Gasteiger partial charge in [-0.05, 0) is 30.3 Å². The van der Waals surface area contributed by atoms with E-state index in [2.05, 4.69) is 10.3 Å². The number of methoxy groups -OCH3 is 1. The Balaban J connectivity index is 1.26. The molecule has 2 aliphatic heterocycles. The molecule has 0 bridgehead atoms. The number of carbonyl (C=O) groups is 2. The van der Waals surface area contributed by atoms with Crippen LogP contribution in [0.3, 0.4) is 0 Å². The molecule has 10 heteroatoms. The number of nitrogens with zero attached hydrogens (tertiary/aromatic N) is 2. The minimum Gasteiger partial charge on any atom is -0.495 e. The second kappa shape index (κ2) is 8.92. The Morgan fingerprint density at radius 2 is 2.03 bits per heavy atom. The fourth-order valence-corrected chi connectivity index (χ4v) is 4.81. The zero-order valence-electron chi connectivity index (χ0n) is 17.7. The Morgan fingerprint density at radius 1 is 1.21 bits per heavy atom. The van der Waals surface area contributed by atoms with Crippen LogP contribution in [-0.2, 0) is 9.59 Å². The number of ether oxygens (including phenoxy) is 3. The van der Waals surface area contributed by atoms with Gasteiger partial charge < -0.3 is 24.4 Å². The van der Waals surface area contributed by atoms with Crippen LogP contribution in [0.15, 0.2) is 41.8 Å². The maximum absolute atomic E-state index is 12.8. The van der Waals surface area contributed by atoms with Crippen molar-refractivity contribution < 1.29 is 23.8 Å². The molecule has 1 saturated heterocycles. The largest absolute Gasteiger partial charge is 0.495 e. The minimum absolute atomic E-state index is 0.112. The van der Waals surface area contributed by atoms with Crippen LogP contribution < -0.4 is 24.4 Å². The second-order valence-electron chi connectivity index (χ2n) is 7.61. The van der Waals surface area contributed by atoms with E-state index in [0.29, 0.717) is 52.0 Å². The summed E-state index contributed by atoms with van der Waals surface area (Å²) in [5.41, 5.74) is 2.20. The quantitative estimate of drug-likeness (QED) is 0.581. The molecule has 1 atom stereocenters. The first-order valence-electron chi connectivity index (χ1n) is 10.3. The summed E-state index contributed by atoms with van der Waals surface area (Å²) in [4.78, 5) is 31.6. The number of halogens is 1. The molecular weight excluding hydrogens is 466 g/mol. The number of fused-ring (bicyclic) bond motifs is 1. The number of carbonyl (C=O) groups excluding carboxylic acids is 2. The Kier molecular flexibility index (Phi) is 5.82. The maximum Gasteiger partial charge on any atom is 0.231 e. The van der Waals surface area contributed by atoms with E-state index >= 15 is 0 Å². The van der Waals surface area contributed by atoms with Crippen LogP contribution in [0.4, 0.5) is 10.8 Å². The van der Waals surface area contributed by atoms with Gasteiger partial charge in [0, 0.05) is 35.7 Å². The molecule has 0 aliphatic carbocycles. The van der Waals surface area contributed by atoms with Gasteiger partial charge in [-0.25, -0.2) is 4.98 Å². The Bertz CT molecular complexity index is 1230. The number of benzene rings is 2. The van der Waals surface area contributed by atoms with Gasteiger partial charge in [0.05, 0.1) is 23.7 Å². The predicted octanol–water partition coefficient (Wildman–Crippen LogP) is 4.23.